The van der Waals surface area contributed by atoms with Gasteiger partial charge < -0.3 is 10.1 Å². The van der Waals surface area contributed by atoms with E-state index in [1.54, 1.807) is 22.9 Å². The Kier molecular flexibility index (Phi) is 3.79. The number of aryl methyl sites for hydroxylation is 1. The standard InChI is InChI=1S/C10H12N2O3/c1-8(13)15-7-11-10(14)9-4-3-5-12(2)6-9/h3-6H,7H2,1-2H3/p+1. The van der Waals surface area contributed by atoms with Crippen molar-refractivity contribution in [2.45, 2.75) is 6.92 Å². The summed E-state index contributed by atoms with van der Waals surface area (Å²) in [7, 11) is 1.82. The molecule has 1 N–H and O–H groups in total. The lowest BCUT2D eigenvalue weighted by atomic mass is 10.3. The first-order valence-corrected chi connectivity index (χ1v) is 4.46. The Hall–Kier alpha value is -1.91. The van der Waals surface area contributed by atoms with Crippen molar-refractivity contribution >= 4 is 11.9 Å². The average Bonchev–Trinajstić information content (AvgIpc) is 2.17. The number of nitrogens with zero attached hydrogens (tertiary/aromatic N) is 1. The Labute approximate surface area is 87.7 Å². The molecular weight excluding hydrogens is 196 g/mol. The number of nitrogens with one attached hydrogen (secondary N) is 1. The summed E-state index contributed by atoms with van der Waals surface area (Å²) >= 11 is 0. The number of ether oxygens (including phenoxy) is 1. The molecule has 0 aliphatic carbocycles. The molecule has 1 amide bonds. The second-order valence-corrected chi connectivity index (χ2v) is 3.04. The molecule has 1 heterocycles. The summed E-state index contributed by atoms with van der Waals surface area (Å²) in [6, 6.07) is 3.45. The minimum Gasteiger partial charge on any atom is -0.445 e. The van der Waals surface area contributed by atoms with Crippen molar-refractivity contribution in [3.63, 3.8) is 0 Å². The predicted molar refractivity (Wildman–Crippen MR) is 51.7 cm³/mol. The maximum atomic E-state index is 11.5. The summed E-state index contributed by atoms with van der Waals surface area (Å²) in [6.45, 7) is 1.18. The van der Waals surface area contributed by atoms with Crippen LogP contribution in [0.2, 0.25) is 0 Å². The minimum absolute atomic E-state index is 0.104. The van der Waals surface area contributed by atoms with Crippen LogP contribution in [0.5, 0.6) is 0 Å². The largest absolute Gasteiger partial charge is 0.445 e. The smallest absolute Gasteiger partial charge is 0.304 e. The number of aromatic nitrogens is 1. The molecule has 0 saturated carbocycles. The Morgan fingerprint density at radius 3 is 2.87 bits per heavy atom. The molecule has 1 aromatic rings. The number of amides is 1. The number of hydrogen-bond acceptors (Lipinski definition) is 3. The SMILES string of the molecule is CC(=O)OCNC(=O)c1ccc[n+](C)c1. The van der Waals surface area contributed by atoms with Crippen molar-refractivity contribution in [1.82, 2.24) is 5.32 Å². The van der Waals surface area contributed by atoms with E-state index in [0.29, 0.717) is 5.56 Å². The van der Waals surface area contributed by atoms with E-state index in [2.05, 4.69) is 10.1 Å². The lowest BCUT2D eigenvalue weighted by Gasteiger charge is -2.03. The molecule has 0 radical (unpaired) electrons. The van der Waals surface area contributed by atoms with E-state index in [4.69, 9.17) is 0 Å². The molecule has 5 nitrogen and oxygen atoms in total. The van der Waals surface area contributed by atoms with Crippen LogP contribution in [-0.2, 0) is 16.6 Å². The molecule has 0 aromatic carbocycles. The van der Waals surface area contributed by atoms with Crippen molar-refractivity contribution in [2.75, 3.05) is 6.73 Å². The number of esters is 1. The predicted octanol–water partition coefficient (Wildman–Crippen LogP) is -0.238. The van der Waals surface area contributed by atoms with Gasteiger partial charge in [0, 0.05) is 13.0 Å². The van der Waals surface area contributed by atoms with Crippen LogP contribution < -0.4 is 9.88 Å². The second-order valence-electron chi connectivity index (χ2n) is 3.04. The van der Waals surface area contributed by atoms with Crippen molar-refractivity contribution < 1.29 is 18.9 Å². The summed E-state index contributed by atoms with van der Waals surface area (Å²) in [5.74, 6) is -0.693. The highest BCUT2D eigenvalue weighted by atomic mass is 16.5. The van der Waals surface area contributed by atoms with E-state index in [1.165, 1.54) is 6.92 Å². The van der Waals surface area contributed by atoms with Gasteiger partial charge in [-0.3, -0.25) is 9.59 Å². The number of rotatable bonds is 3. The first kappa shape index (κ1) is 11.2. The van der Waals surface area contributed by atoms with Crippen LogP contribution in [0.4, 0.5) is 0 Å². The van der Waals surface area contributed by atoms with Crippen molar-refractivity contribution in [3.8, 4) is 0 Å². The van der Waals surface area contributed by atoms with E-state index in [1.807, 2.05) is 13.2 Å². The molecule has 0 aliphatic rings. The molecule has 0 bridgehead atoms. The van der Waals surface area contributed by atoms with Crippen LogP contribution in [0.1, 0.15) is 17.3 Å². The maximum absolute atomic E-state index is 11.5. The van der Waals surface area contributed by atoms with Gasteiger partial charge in [-0.25, -0.2) is 4.57 Å². The third kappa shape index (κ3) is 3.76. The van der Waals surface area contributed by atoms with Gasteiger partial charge in [-0.05, 0) is 6.07 Å². The lowest BCUT2D eigenvalue weighted by Crippen LogP contribution is -2.32. The highest BCUT2D eigenvalue weighted by Gasteiger charge is 2.08. The molecule has 0 unspecified atom stereocenters. The van der Waals surface area contributed by atoms with E-state index in [-0.39, 0.29) is 12.6 Å². The van der Waals surface area contributed by atoms with E-state index in [0.717, 1.165) is 0 Å². The highest BCUT2D eigenvalue weighted by molar-refractivity contribution is 5.93. The zero-order valence-corrected chi connectivity index (χ0v) is 8.69. The summed E-state index contributed by atoms with van der Waals surface area (Å²) in [6.07, 6.45) is 3.51. The fraction of sp³-hybridized carbons (Fsp3) is 0.300. The van der Waals surface area contributed by atoms with E-state index >= 15 is 0 Å². The van der Waals surface area contributed by atoms with Crippen LogP contribution >= 0.6 is 0 Å². The zero-order valence-electron chi connectivity index (χ0n) is 8.69. The van der Waals surface area contributed by atoms with Gasteiger partial charge in [0.15, 0.2) is 19.1 Å². The van der Waals surface area contributed by atoms with Gasteiger partial charge in [-0.1, -0.05) is 0 Å². The minimum atomic E-state index is -0.422. The van der Waals surface area contributed by atoms with Crippen LogP contribution in [0.15, 0.2) is 24.5 Å². The Morgan fingerprint density at radius 1 is 1.53 bits per heavy atom. The quantitative estimate of drug-likeness (QED) is 0.424. The first-order valence-electron chi connectivity index (χ1n) is 4.46. The molecule has 5 heteroatoms. The maximum Gasteiger partial charge on any atom is 0.304 e. The Bertz CT molecular complexity index is 377. The van der Waals surface area contributed by atoms with Gasteiger partial charge in [0.25, 0.3) is 5.91 Å². The molecule has 0 atom stereocenters. The fourth-order valence-electron chi connectivity index (χ4n) is 1.03. The number of hydrogen-bond donors (Lipinski definition) is 1. The third-order valence-corrected chi connectivity index (χ3v) is 1.71. The number of pyridine rings is 1. The molecule has 0 spiro atoms. The van der Waals surface area contributed by atoms with Crippen molar-refractivity contribution in [1.29, 1.82) is 0 Å². The molecule has 0 fully saturated rings. The van der Waals surface area contributed by atoms with E-state index < -0.39 is 5.97 Å². The monoisotopic (exact) mass is 209 g/mol. The Balaban J connectivity index is 2.50. The topological polar surface area (TPSA) is 59.3 Å². The molecular formula is C10H13N2O3+. The summed E-state index contributed by atoms with van der Waals surface area (Å²) in [5.41, 5.74) is 0.521. The van der Waals surface area contributed by atoms with Crippen molar-refractivity contribution in [3.05, 3.63) is 30.1 Å². The fourth-order valence-corrected chi connectivity index (χ4v) is 1.03. The van der Waals surface area contributed by atoms with Gasteiger partial charge in [0.1, 0.15) is 12.6 Å². The van der Waals surface area contributed by atoms with Gasteiger partial charge >= 0.3 is 5.97 Å². The van der Waals surface area contributed by atoms with Crippen molar-refractivity contribution in [2.24, 2.45) is 7.05 Å². The first-order chi connectivity index (χ1) is 7.09. The average molecular weight is 209 g/mol. The summed E-state index contributed by atoms with van der Waals surface area (Å²) < 4.78 is 6.35. The summed E-state index contributed by atoms with van der Waals surface area (Å²) in [4.78, 5) is 21.9. The molecule has 80 valence electrons. The lowest BCUT2D eigenvalue weighted by molar-refractivity contribution is -0.671. The molecule has 1 rings (SSSR count). The summed E-state index contributed by atoms with van der Waals surface area (Å²) in [5, 5.41) is 2.46. The van der Waals surface area contributed by atoms with Gasteiger partial charge in [-0.15, -0.1) is 0 Å². The highest BCUT2D eigenvalue weighted by Crippen LogP contribution is 1.93. The molecule has 0 aliphatic heterocycles. The third-order valence-electron chi connectivity index (χ3n) is 1.71. The van der Waals surface area contributed by atoms with Gasteiger partial charge in [-0.2, -0.15) is 0 Å². The normalized spacial score (nSPS) is 9.47. The molecule has 0 saturated heterocycles. The molecule has 1 aromatic heterocycles. The zero-order chi connectivity index (χ0) is 11.3. The van der Waals surface area contributed by atoms with Gasteiger partial charge in [0.05, 0.1) is 0 Å². The van der Waals surface area contributed by atoms with Crippen LogP contribution in [0, 0.1) is 0 Å². The van der Waals surface area contributed by atoms with Crippen LogP contribution in [0.25, 0.3) is 0 Å². The number of carbonyl (C=O) groups excluding carboxylic acids is 2. The van der Waals surface area contributed by atoms with Crippen LogP contribution in [-0.4, -0.2) is 18.6 Å². The second kappa shape index (κ2) is 5.09. The molecule has 15 heavy (non-hydrogen) atoms. The van der Waals surface area contributed by atoms with E-state index in [9.17, 15) is 9.59 Å². The Morgan fingerprint density at radius 2 is 2.27 bits per heavy atom. The van der Waals surface area contributed by atoms with Crippen LogP contribution in [0.3, 0.4) is 0 Å². The van der Waals surface area contributed by atoms with Gasteiger partial charge in [0.2, 0.25) is 0 Å². The number of carbonyl (C=O) groups is 2.